The average molecular weight is 108 g/mol. The zero-order valence-corrected chi connectivity index (χ0v) is 4.83. The summed E-state index contributed by atoms with van der Waals surface area (Å²) in [4.78, 5) is 0. The number of hydrogen-bond acceptors (Lipinski definition) is 0. The highest BCUT2D eigenvalue weighted by Gasteiger charge is 2.22. The molecule has 0 aromatic carbocycles. The van der Waals surface area contributed by atoms with E-state index in [-0.39, 0.29) is 0 Å². The lowest BCUT2D eigenvalue weighted by atomic mass is 9.98. The molecule has 0 unspecified atom stereocenters. The van der Waals surface area contributed by atoms with E-state index in [2.05, 4.69) is 0 Å². The molecule has 2 heteroatoms. The van der Waals surface area contributed by atoms with Gasteiger partial charge in [-0.2, -0.15) is 0 Å². The van der Waals surface area contributed by atoms with E-state index in [1.165, 1.54) is 20.8 Å². The summed E-state index contributed by atoms with van der Waals surface area (Å²) in [6, 6.07) is 0. The molecule has 0 fully saturated rings. The molecule has 0 rings (SSSR count). The molecule has 0 amide bonds. The van der Waals surface area contributed by atoms with Crippen LogP contribution in [-0.2, 0) is 0 Å². The van der Waals surface area contributed by atoms with Gasteiger partial charge in [0, 0.05) is 5.41 Å². The van der Waals surface area contributed by atoms with E-state index >= 15 is 0 Å². The Hall–Kier alpha value is -0.140. The van der Waals surface area contributed by atoms with Crippen LogP contribution in [0.5, 0.6) is 0 Å². The van der Waals surface area contributed by atoms with Crippen LogP contribution in [0.3, 0.4) is 0 Å². The van der Waals surface area contributed by atoms with Gasteiger partial charge in [0.05, 0.1) is 0 Å². The maximum atomic E-state index is 11.5. The summed E-state index contributed by atoms with van der Waals surface area (Å²) in [7, 11) is 0. The molecule has 0 aliphatic heterocycles. The summed E-state index contributed by atoms with van der Waals surface area (Å²) in [5, 5.41) is 0. The SMILES string of the molecule is CC(C)(C)C(F)F. The molecule has 0 bridgehead atoms. The lowest BCUT2D eigenvalue weighted by molar-refractivity contribution is 0.0324. The first-order chi connectivity index (χ1) is 2.94. The molecule has 0 nitrogen and oxygen atoms in total. The van der Waals surface area contributed by atoms with Crippen molar-refractivity contribution >= 4 is 0 Å². The minimum atomic E-state index is -2.20. The van der Waals surface area contributed by atoms with Crippen molar-refractivity contribution in [3.05, 3.63) is 0 Å². The van der Waals surface area contributed by atoms with E-state index in [1.807, 2.05) is 0 Å². The highest BCUT2D eigenvalue weighted by Crippen LogP contribution is 2.22. The summed E-state index contributed by atoms with van der Waals surface area (Å²) in [6.07, 6.45) is -2.20. The van der Waals surface area contributed by atoms with Crippen molar-refractivity contribution in [3.63, 3.8) is 0 Å². The summed E-state index contributed by atoms with van der Waals surface area (Å²) >= 11 is 0. The standard InChI is InChI=1S/C5H10F2/c1-5(2,3)4(6)7/h4H,1-3H3. The van der Waals surface area contributed by atoms with Crippen LogP contribution in [0.1, 0.15) is 20.8 Å². The van der Waals surface area contributed by atoms with Crippen LogP contribution in [0.15, 0.2) is 0 Å². The second-order valence-electron chi connectivity index (χ2n) is 2.67. The first-order valence-electron chi connectivity index (χ1n) is 2.23. The molecule has 0 saturated carbocycles. The average Bonchev–Trinajstić information content (AvgIpc) is 1.31. The van der Waals surface area contributed by atoms with Crippen LogP contribution in [-0.4, -0.2) is 6.43 Å². The zero-order chi connectivity index (χ0) is 6.08. The molecule has 0 radical (unpaired) electrons. The molecular weight excluding hydrogens is 98.1 g/mol. The molecular formula is C5H10F2. The first kappa shape index (κ1) is 6.86. The van der Waals surface area contributed by atoms with Gasteiger partial charge in [0.2, 0.25) is 6.43 Å². The Morgan fingerprint density at radius 3 is 1.29 bits per heavy atom. The third-order valence-electron chi connectivity index (χ3n) is 0.655. The Labute approximate surface area is 42.5 Å². The molecule has 0 saturated heterocycles. The van der Waals surface area contributed by atoms with E-state index in [0.29, 0.717) is 0 Å². The number of hydrogen-bond donors (Lipinski definition) is 0. The van der Waals surface area contributed by atoms with Crippen molar-refractivity contribution in [3.8, 4) is 0 Å². The Morgan fingerprint density at radius 2 is 1.29 bits per heavy atom. The smallest absolute Gasteiger partial charge is 0.210 e. The van der Waals surface area contributed by atoms with E-state index in [9.17, 15) is 8.78 Å². The van der Waals surface area contributed by atoms with Gasteiger partial charge in [-0.1, -0.05) is 20.8 Å². The number of alkyl halides is 2. The van der Waals surface area contributed by atoms with Crippen molar-refractivity contribution in [1.82, 2.24) is 0 Å². The van der Waals surface area contributed by atoms with Gasteiger partial charge in [-0.3, -0.25) is 0 Å². The third kappa shape index (κ3) is 2.54. The predicted molar refractivity (Wildman–Crippen MR) is 25.5 cm³/mol. The van der Waals surface area contributed by atoms with Crippen LogP contribution in [0.25, 0.3) is 0 Å². The van der Waals surface area contributed by atoms with Gasteiger partial charge in [-0.15, -0.1) is 0 Å². The van der Waals surface area contributed by atoms with Gasteiger partial charge in [-0.25, -0.2) is 8.78 Å². The zero-order valence-electron chi connectivity index (χ0n) is 4.83. The molecule has 0 N–H and O–H groups in total. The molecule has 0 aliphatic rings. The predicted octanol–water partition coefficient (Wildman–Crippen LogP) is 2.30. The second-order valence-corrected chi connectivity index (χ2v) is 2.67. The van der Waals surface area contributed by atoms with E-state index in [0.717, 1.165) is 0 Å². The molecule has 0 spiro atoms. The molecule has 7 heavy (non-hydrogen) atoms. The monoisotopic (exact) mass is 108 g/mol. The van der Waals surface area contributed by atoms with Crippen LogP contribution in [0.4, 0.5) is 8.78 Å². The van der Waals surface area contributed by atoms with E-state index in [4.69, 9.17) is 0 Å². The Morgan fingerprint density at radius 1 is 1.14 bits per heavy atom. The molecule has 0 heterocycles. The minimum Gasteiger partial charge on any atom is -0.210 e. The quantitative estimate of drug-likeness (QED) is 0.446. The van der Waals surface area contributed by atoms with Crippen molar-refractivity contribution in [2.75, 3.05) is 0 Å². The molecule has 0 aromatic heterocycles. The van der Waals surface area contributed by atoms with Crippen LogP contribution < -0.4 is 0 Å². The van der Waals surface area contributed by atoms with Gasteiger partial charge < -0.3 is 0 Å². The summed E-state index contributed by atoms with van der Waals surface area (Å²) in [5.41, 5.74) is -0.833. The van der Waals surface area contributed by atoms with Crippen molar-refractivity contribution in [1.29, 1.82) is 0 Å². The van der Waals surface area contributed by atoms with Crippen LogP contribution in [0.2, 0.25) is 0 Å². The molecule has 0 atom stereocenters. The Kier molecular flexibility index (Phi) is 1.73. The van der Waals surface area contributed by atoms with Crippen LogP contribution >= 0.6 is 0 Å². The number of halogens is 2. The van der Waals surface area contributed by atoms with Crippen molar-refractivity contribution < 1.29 is 8.78 Å². The van der Waals surface area contributed by atoms with Crippen LogP contribution in [0, 0.1) is 5.41 Å². The highest BCUT2D eigenvalue weighted by atomic mass is 19.3. The summed E-state index contributed by atoms with van der Waals surface area (Å²) in [5.74, 6) is 0. The minimum absolute atomic E-state index is 0.833. The fraction of sp³-hybridized carbons (Fsp3) is 1.00. The van der Waals surface area contributed by atoms with Gasteiger partial charge in [0.1, 0.15) is 0 Å². The van der Waals surface area contributed by atoms with E-state index in [1.54, 1.807) is 0 Å². The highest BCUT2D eigenvalue weighted by molar-refractivity contribution is 4.62. The van der Waals surface area contributed by atoms with Gasteiger partial charge in [-0.05, 0) is 0 Å². The van der Waals surface area contributed by atoms with Crippen molar-refractivity contribution in [2.45, 2.75) is 27.2 Å². The molecule has 0 aromatic rings. The normalized spacial score (nSPS) is 12.9. The van der Waals surface area contributed by atoms with Gasteiger partial charge in [0.25, 0.3) is 0 Å². The fourth-order valence-corrected chi connectivity index (χ4v) is 0. The Balaban J connectivity index is 3.54. The van der Waals surface area contributed by atoms with Gasteiger partial charge >= 0.3 is 0 Å². The number of rotatable bonds is 0. The molecule has 44 valence electrons. The topological polar surface area (TPSA) is 0 Å². The fourth-order valence-electron chi connectivity index (χ4n) is 0. The van der Waals surface area contributed by atoms with Crippen molar-refractivity contribution in [2.24, 2.45) is 5.41 Å². The summed E-state index contributed by atoms with van der Waals surface area (Å²) in [6.45, 7) is 4.53. The molecule has 0 aliphatic carbocycles. The van der Waals surface area contributed by atoms with Gasteiger partial charge in [0.15, 0.2) is 0 Å². The largest absolute Gasteiger partial charge is 0.243 e. The third-order valence-corrected chi connectivity index (χ3v) is 0.655. The second kappa shape index (κ2) is 1.76. The summed E-state index contributed by atoms with van der Waals surface area (Å²) < 4.78 is 23.1. The lowest BCUT2D eigenvalue weighted by Crippen LogP contribution is -2.15. The van der Waals surface area contributed by atoms with E-state index < -0.39 is 11.8 Å². The maximum absolute atomic E-state index is 11.5. The first-order valence-corrected chi connectivity index (χ1v) is 2.23. The Bertz CT molecular complexity index is 51.6. The maximum Gasteiger partial charge on any atom is 0.243 e. The lowest BCUT2D eigenvalue weighted by Gasteiger charge is -2.15.